The number of nitrogens with one attached hydrogen (secondary N) is 1. The maximum absolute atomic E-state index is 11.9. The summed E-state index contributed by atoms with van der Waals surface area (Å²) < 4.78 is 5.24. The summed E-state index contributed by atoms with van der Waals surface area (Å²) >= 11 is 0. The topological polar surface area (TPSA) is 129 Å². The van der Waals surface area contributed by atoms with E-state index in [4.69, 9.17) is 9.52 Å². The van der Waals surface area contributed by atoms with Gasteiger partial charge in [-0.2, -0.15) is 0 Å². The Kier molecular flexibility index (Phi) is 4.53. The summed E-state index contributed by atoms with van der Waals surface area (Å²) in [4.78, 5) is 24.3. The summed E-state index contributed by atoms with van der Waals surface area (Å²) in [5, 5.41) is 28.4. The number of amides is 1. The van der Waals surface area contributed by atoms with Gasteiger partial charge in [0.15, 0.2) is 0 Å². The van der Waals surface area contributed by atoms with Gasteiger partial charge < -0.3 is 14.6 Å². The number of hydrogen-bond acceptors (Lipinski definition) is 7. The number of carbonyl (C=O) groups is 2. The Balaban J connectivity index is 1.93. The fraction of sp³-hybridized carbons (Fsp3) is 0.667. The van der Waals surface area contributed by atoms with Gasteiger partial charge in [-0.05, 0) is 0 Å². The zero-order chi connectivity index (χ0) is 15.6. The van der Waals surface area contributed by atoms with Gasteiger partial charge in [0.2, 0.25) is 11.8 Å². The number of carbonyl (C=O) groups excluding carboxylic acids is 1. The van der Waals surface area contributed by atoms with E-state index in [0.717, 1.165) is 0 Å². The number of aliphatic hydroxyl groups excluding tert-OH is 1. The van der Waals surface area contributed by atoms with Crippen molar-refractivity contribution in [1.29, 1.82) is 0 Å². The summed E-state index contributed by atoms with van der Waals surface area (Å²) in [6.07, 6.45) is -0.629. The van der Waals surface area contributed by atoms with Crippen LogP contribution in [-0.2, 0) is 9.59 Å². The first-order chi connectivity index (χ1) is 9.86. The third-order valence-corrected chi connectivity index (χ3v) is 3.19. The number of β-amino-alcohol motifs (C(OH)–C–C–N with tert-alkyl or cyclic N) is 1. The van der Waals surface area contributed by atoms with E-state index in [-0.39, 0.29) is 31.4 Å². The number of hydrogen-bond donors (Lipinski definition) is 3. The minimum Gasteiger partial charge on any atom is -0.480 e. The Morgan fingerprint density at radius 2 is 2.19 bits per heavy atom. The number of rotatable bonds is 5. The minimum atomic E-state index is -1.06. The van der Waals surface area contributed by atoms with Crippen molar-refractivity contribution in [3.8, 4) is 0 Å². The molecule has 2 rings (SSSR count). The van der Waals surface area contributed by atoms with E-state index in [2.05, 4.69) is 15.5 Å². The summed E-state index contributed by atoms with van der Waals surface area (Å²) in [5.74, 6) is -1.06. The van der Waals surface area contributed by atoms with E-state index in [9.17, 15) is 14.7 Å². The average molecular weight is 298 g/mol. The van der Waals surface area contributed by atoms with Crippen LogP contribution in [0.4, 0.5) is 6.01 Å². The molecule has 1 saturated heterocycles. The fourth-order valence-electron chi connectivity index (χ4n) is 2.17. The Labute approximate surface area is 120 Å². The number of carboxylic acid groups (broad SMARTS) is 1. The van der Waals surface area contributed by atoms with Crippen LogP contribution in [0.1, 0.15) is 32.1 Å². The highest BCUT2D eigenvalue weighted by Gasteiger charge is 2.36. The molecule has 21 heavy (non-hydrogen) atoms. The van der Waals surface area contributed by atoms with Crippen molar-refractivity contribution in [3.63, 3.8) is 0 Å². The second kappa shape index (κ2) is 6.19. The molecule has 1 aromatic heterocycles. The lowest BCUT2D eigenvalue weighted by molar-refractivity contribution is -0.142. The fourth-order valence-corrected chi connectivity index (χ4v) is 2.17. The first kappa shape index (κ1) is 15.4. The summed E-state index contributed by atoms with van der Waals surface area (Å²) in [6, 6.07) is -0.880. The summed E-state index contributed by atoms with van der Waals surface area (Å²) in [7, 11) is 0. The molecule has 3 N–H and O–H groups in total. The van der Waals surface area contributed by atoms with E-state index in [1.165, 1.54) is 4.90 Å². The average Bonchev–Trinajstić information content (AvgIpc) is 2.96. The maximum atomic E-state index is 11.9. The molecule has 0 spiro atoms. The predicted molar refractivity (Wildman–Crippen MR) is 70.6 cm³/mol. The summed E-state index contributed by atoms with van der Waals surface area (Å²) in [6.45, 7) is 3.74. The summed E-state index contributed by atoms with van der Waals surface area (Å²) in [5.41, 5.74) is 0. The quantitative estimate of drug-likeness (QED) is 0.673. The maximum Gasteiger partial charge on any atom is 0.322 e. The molecule has 0 bridgehead atoms. The molecule has 1 aliphatic heterocycles. The highest BCUT2D eigenvalue weighted by molar-refractivity contribution is 5.90. The van der Waals surface area contributed by atoms with E-state index in [1.807, 2.05) is 13.8 Å². The molecule has 2 unspecified atom stereocenters. The van der Waals surface area contributed by atoms with Crippen molar-refractivity contribution in [2.75, 3.05) is 18.4 Å². The van der Waals surface area contributed by atoms with Crippen LogP contribution in [0.25, 0.3) is 0 Å². The lowest BCUT2D eigenvalue weighted by Gasteiger charge is -2.19. The number of aliphatic hydroxyl groups is 1. The van der Waals surface area contributed by atoms with E-state index in [1.54, 1.807) is 0 Å². The van der Waals surface area contributed by atoms with Crippen LogP contribution in [-0.4, -0.2) is 62.4 Å². The van der Waals surface area contributed by atoms with Crippen LogP contribution < -0.4 is 5.32 Å². The van der Waals surface area contributed by atoms with Crippen LogP contribution in [0.15, 0.2) is 4.42 Å². The monoisotopic (exact) mass is 298 g/mol. The number of aromatic nitrogens is 2. The molecule has 1 amide bonds. The van der Waals surface area contributed by atoms with Gasteiger partial charge in [0.1, 0.15) is 6.04 Å². The van der Waals surface area contributed by atoms with Gasteiger partial charge >= 0.3 is 12.0 Å². The molecule has 1 fully saturated rings. The minimum absolute atomic E-state index is 0.0182. The molecule has 2 atom stereocenters. The van der Waals surface area contributed by atoms with Gasteiger partial charge in [-0.15, -0.1) is 5.10 Å². The molecule has 1 aliphatic rings. The molecular weight excluding hydrogens is 280 g/mol. The number of nitrogens with zero attached hydrogens (tertiary/aromatic N) is 3. The Morgan fingerprint density at radius 1 is 1.48 bits per heavy atom. The van der Waals surface area contributed by atoms with Crippen LogP contribution in [0.2, 0.25) is 0 Å². The molecular formula is C12H18N4O5. The zero-order valence-electron chi connectivity index (χ0n) is 11.8. The van der Waals surface area contributed by atoms with E-state index in [0.29, 0.717) is 5.89 Å². The largest absolute Gasteiger partial charge is 0.480 e. The number of likely N-dealkylation sites (tertiary alicyclic amines) is 1. The standard InChI is InChI=1S/C12H18N4O5/c1-6(2)10-14-15-12(21-10)13-9(18)5-16-4-7(17)3-8(16)11(19)20/h6-8,17H,3-5H2,1-2H3,(H,19,20)(H,13,15,18). The molecule has 116 valence electrons. The Morgan fingerprint density at radius 3 is 2.76 bits per heavy atom. The number of aliphatic carboxylic acids is 1. The molecule has 0 aromatic carbocycles. The third kappa shape index (κ3) is 3.76. The van der Waals surface area contributed by atoms with Crippen LogP contribution in [0, 0.1) is 0 Å². The Hall–Kier alpha value is -2.00. The second-order valence-electron chi connectivity index (χ2n) is 5.32. The van der Waals surface area contributed by atoms with Crippen LogP contribution >= 0.6 is 0 Å². The van der Waals surface area contributed by atoms with Crippen molar-refractivity contribution in [2.24, 2.45) is 0 Å². The molecule has 0 radical (unpaired) electrons. The lowest BCUT2D eigenvalue weighted by Crippen LogP contribution is -2.41. The van der Waals surface area contributed by atoms with Crippen LogP contribution in [0.5, 0.6) is 0 Å². The van der Waals surface area contributed by atoms with Crippen molar-refractivity contribution >= 4 is 17.9 Å². The third-order valence-electron chi connectivity index (χ3n) is 3.19. The van der Waals surface area contributed by atoms with Crippen molar-refractivity contribution in [2.45, 2.75) is 38.3 Å². The molecule has 0 aliphatic carbocycles. The molecule has 1 aromatic rings. The molecule has 9 nitrogen and oxygen atoms in total. The van der Waals surface area contributed by atoms with Crippen molar-refractivity contribution < 1.29 is 24.2 Å². The van der Waals surface area contributed by atoms with E-state index >= 15 is 0 Å². The number of anilines is 1. The first-order valence-corrected chi connectivity index (χ1v) is 6.65. The van der Waals surface area contributed by atoms with Gasteiger partial charge in [-0.3, -0.25) is 19.8 Å². The van der Waals surface area contributed by atoms with Crippen molar-refractivity contribution in [3.05, 3.63) is 5.89 Å². The smallest absolute Gasteiger partial charge is 0.322 e. The first-order valence-electron chi connectivity index (χ1n) is 6.65. The SMILES string of the molecule is CC(C)c1nnc(NC(=O)CN2CC(O)CC2C(=O)O)o1. The van der Waals surface area contributed by atoms with Gasteiger partial charge in [-0.1, -0.05) is 18.9 Å². The van der Waals surface area contributed by atoms with Gasteiger partial charge in [0.25, 0.3) is 0 Å². The highest BCUT2D eigenvalue weighted by atomic mass is 16.4. The normalized spacial score (nSPS) is 22.7. The predicted octanol–water partition coefficient (Wildman–Crippen LogP) is -0.349. The lowest BCUT2D eigenvalue weighted by atomic mass is 10.2. The van der Waals surface area contributed by atoms with Crippen molar-refractivity contribution in [1.82, 2.24) is 15.1 Å². The Bertz CT molecular complexity index is 529. The van der Waals surface area contributed by atoms with Gasteiger partial charge in [0, 0.05) is 18.9 Å². The molecule has 9 heteroatoms. The van der Waals surface area contributed by atoms with Crippen LogP contribution in [0.3, 0.4) is 0 Å². The molecule has 2 heterocycles. The van der Waals surface area contributed by atoms with E-state index < -0.39 is 24.0 Å². The van der Waals surface area contributed by atoms with Gasteiger partial charge in [-0.25, -0.2) is 0 Å². The number of carboxylic acids is 1. The zero-order valence-corrected chi connectivity index (χ0v) is 11.8. The highest BCUT2D eigenvalue weighted by Crippen LogP contribution is 2.18. The second-order valence-corrected chi connectivity index (χ2v) is 5.32. The van der Waals surface area contributed by atoms with Gasteiger partial charge in [0.05, 0.1) is 12.6 Å². The molecule has 0 saturated carbocycles.